The van der Waals surface area contributed by atoms with Gasteiger partial charge in [-0.05, 0) is 51.3 Å². The third kappa shape index (κ3) is 6.02. The van der Waals surface area contributed by atoms with Crippen LogP contribution in [0.5, 0.6) is 0 Å². The average molecular weight is 339 g/mol. The van der Waals surface area contributed by atoms with Gasteiger partial charge in [-0.1, -0.05) is 48.5 Å². The first-order chi connectivity index (χ1) is 12.1. The lowest BCUT2D eigenvalue weighted by molar-refractivity contribution is 0.0376. The van der Waals surface area contributed by atoms with Crippen LogP contribution >= 0.6 is 0 Å². The highest BCUT2D eigenvalue weighted by Gasteiger charge is 2.24. The quantitative estimate of drug-likeness (QED) is 0.626. The summed E-state index contributed by atoms with van der Waals surface area (Å²) < 4.78 is 5.84. The van der Waals surface area contributed by atoms with E-state index < -0.39 is 0 Å². The van der Waals surface area contributed by atoms with Crippen molar-refractivity contribution in [1.29, 1.82) is 0 Å². The standard InChI is InChI=1S/C22H29NO2/c1-18(2)23(22(24)21-14-8-5-9-15-21)19(3)17-25-16-10-13-20-11-6-4-7-12-20/h4-9,11-12,14-15,18-19H,10,13,16-17H2,1-3H3/t19-/m0/s1. The first kappa shape index (κ1) is 19.2. The Morgan fingerprint density at radius 3 is 2.16 bits per heavy atom. The van der Waals surface area contributed by atoms with Crippen LogP contribution in [0, 0.1) is 0 Å². The van der Waals surface area contributed by atoms with Crippen molar-refractivity contribution in [2.75, 3.05) is 13.2 Å². The second kappa shape index (κ2) is 10.00. The normalized spacial score (nSPS) is 12.2. The van der Waals surface area contributed by atoms with Crippen LogP contribution in [0.15, 0.2) is 60.7 Å². The number of nitrogens with zero attached hydrogens (tertiary/aromatic N) is 1. The van der Waals surface area contributed by atoms with Crippen molar-refractivity contribution in [3.63, 3.8) is 0 Å². The highest BCUT2D eigenvalue weighted by Crippen LogP contribution is 2.13. The number of ether oxygens (including phenoxy) is 1. The van der Waals surface area contributed by atoms with Gasteiger partial charge in [-0.3, -0.25) is 4.79 Å². The van der Waals surface area contributed by atoms with Crippen LogP contribution in [0.2, 0.25) is 0 Å². The van der Waals surface area contributed by atoms with Gasteiger partial charge in [-0.2, -0.15) is 0 Å². The molecule has 2 rings (SSSR count). The zero-order chi connectivity index (χ0) is 18.1. The van der Waals surface area contributed by atoms with Crippen molar-refractivity contribution in [3.8, 4) is 0 Å². The molecule has 2 aromatic rings. The van der Waals surface area contributed by atoms with E-state index in [0.717, 1.165) is 18.4 Å². The summed E-state index contributed by atoms with van der Waals surface area (Å²) in [5.74, 6) is 0.0657. The molecule has 0 aliphatic carbocycles. The molecule has 0 aliphatic heterocycles. The number of carbonyl (C=O) groups excluding carboxylic acids is 1. The Morgan fingerprint density at radius 2 is 1.56 bits per heavy atom. The third-order valence-electron chi connectivity index (χ3n) is 4.24. The van der Waals surface area contributed by atoms with Crippen LogP contribution in [0.3, 0.4) is 0 Å². The minimum Gasteiger partial charge on any atom is -0.379 e. The van der Waals surface area contributed by atoms with E-state index in [0.29, 0.717) is 13.2 Å². The Hall–Kier alpha value is -2.13. The maximum Gasteiger partial charge on any atom is 0.254 e. The molecule has 0 aromatic heterocycles. The Bertz CT molecular complexity index is 625. The second-order valence-corrected chi connectivity index (χ2v) is 6.69. The highest BCUT2D eigenvalue weighted by atomic mass is 16.5. The molecule has 1 amide bonds. The summed E-state index contributed by atoms with van der Waals surface area (Å²) in [6.45, 7) is 7.42. The van der Waals surface area contributed by atoms with Gasteiger partial charge in [0.2, 0.25) is 0 Å². The lowest BCUT2D eigenvalue weighted by atomic mass is 10.1. The summed E-state index contributed by atoms with van der Waals surface area (Å²) in [6.07, 6.45) is 2.01. The Morgan fingerprint density at radius 1 is 0.960 bits per heavy atom. The monoisotopic (exact) mass is 339 g/mol. The molecule has 0 unspecified atom stereocenters. The van der Waals surface area contributed by atoms with Crippen LogP contribution < -0.4 is 0 Å². The maximum absolute atomic E-state index is 12.8. The van der Waals surface area contributed by atoms with Crippen LogP contribution in [0.4, 0.5) is 0 Å². The number of carbonyl (C=O) groups is 1. The molecular formula is C22H29NO2. The lowest BCUT2D eigenvalue weighted by Gasteiger charge is -2.33. The van der Waals surface area contributed by atoms with Crippen molar-refractivity contribution in [2.45, 2.75) is 45.7 Å². The largest absolute Gasteiger partial charge is 0.379 e. The lowest BCUT2D eigenvalue weighted by Crippen LogP contribution is -2.45. The van der Waals surface area contributed by atoms with Crippen molar-refractivity contribution < 1.29 is 9.53 Å². The summed E-state index contributed by atoms with van der Waals surface area (Å²) in [5.41, 5.74) is 2.06. The minimum atomic E-state index is 0.0458. The van der Waals surface area contributed by atoms with Gasteiger partial charge >= 0.3 is 0 Å². The van der Waals surface area contributed by atoms with Crippen LogP contribution in [0.25, 0.3) is 0 Å². The summed E-state index contributed by atoms with van der Waals surface area (Å²) in [5, 5.41) is 0. The topological polar surface area (TPSA) is 29.5 Å². The van der Waals surface area contributed by atoms with Gasteiger partial charge in [0.1, 0.15) is 0 Å². The number of hydrogen-bond donors (Lipinski definition) is 0. The van der Waals surface area contributed by atoms with E-state index in [-0.39, 0.29) is 18.0 Å². The number of rotatable bonds is 9. The summed E-state index contributed by atoms with van der Waals surface area (Å²) in [4.78, 5) is 14.7. The van der Waals surface area contributed by atoms with Crippen molar-refractivity contribution in [1.82, 2.24) is 4.90 Å². The molecular weight excluding hydrogens is 310 g/mol. The minimum absolute atomic E-state index is 0.0458. The number of hydrogen-bond acceptors (Lipinski definition) is 2. The van der Waals surface area contributed by atoms with E-state index >= 15 is 0 Å². The Balaban J connectivity index is 1.80. The zero-order valence-corrected chi connectivity index (χ0v) is 15.5. The van der Waals surface area contributed by atoms with E-state index in [1.165, 1.54) is 5.56 Å². The third-order valence-corrected chi connectivity index (χ3v) is 4.24. The molecule has 2 aromatic carbocycles. The van der Waals surface area contributed by atoms with Gasteiger partial charge in [0, 0.05) is 18.2 Å². The van der Waals surface area contributed by atoms with Gasteiger partial charge < -0.3 is 9.64 Å². The molecule has 0 aliphatic rings. The number of amides is 1. The zero-order valence-electron chi connectivity index (χ0n) is 15.5. The molecule has 0 saturated heterocycles. The second-order valence-electron chi connectivity index (χ2n) is 6.69. The molecule has 0 saturated carbocycles. The van der Waals surface area contributed by atoms with E-state index in [9.17, 15) is 4.79 Å². The fraction of sp³-hybridized carbons (Fsp3) is 0.409. The molecule has 0 bridgehead atoms. The Kier molecular flexibility index (Phi) is 7.68. The first-order valence-electron chi connectivity index (χ1n) is 9.09. The van der Waals surface area contributed by atoms with Gasteiger partial charge in [-0.15, -0.1) is 0 Å². The Labute approximate surface area is 151 Å². The molecule has 0 heterocycles. The van der Waals surface area contributed by atoms with E-state index in [4.69, 9.17) is 4.74 Å². The molecule has 3 nitrogen and oxygen atoms in total. The average Bonchev–Trinajstić information content (AvgIpc) is 2.63. The van der Waals surface area contributed by atoms with E-state index in [2.05, 4.69) is 31.2 Å². The SMILES string of the molecule is CC(C)N(C(=O)c1ccccc1)[C@@H](C)COCCCc1ccccc1. The highest BCUT2D eigenvalue weighted by molar-refractivity contribution is 5.94. The summed E-state index contributed by atoms with van der Waals surface area (Å²) in [7, 11) is 0. The van der Waals surface area contributed by atoms with E-state index in [1.807, 2.05) is 55.1 Å². The predicted molar refractivity (Wildman–Crippen MR) is 103 cm³/mol. The van der Waals surface area contributed by atoms with Crippen LogP contribution in [0.1, 0.15) is 43.1 Å². The van der Waals surface area contributed by atoms with Gasteiger partial charge in [0.15, 0.2) is 0 Å². The summed E-state index contributed by atoms with van der Waals surface area (Å²) >= 11 is 0. The predicted octanol–water partition coefficient (Wildman–Crippen LogP) is 4.58. The fourth-order valence-electron chi connectivity index (χ4n) is 3.03. The van der Waals surface area contributed by atoms with Gasteiger partial charge in [-0.25, -0.2) is 0 Å². The van der Waals surface area contributed by atoms with Crippen LogP contribution in [-0.2, 0) is 11.2 Å². The van der Waals surface area contributed by atoms with E-state index in [1.54, 1.807) is 0 Å². The fourth-order valence-corrected chi connectivity index (χ4v) is 3.03. The van der Waals surface area contributed by atoms with Crippen molar-refractivity contribution in [3.05, 3.63) is 71.8 Å². The summed E-state index contributed by atoms with van der Waals surface area (Å²) in [6, 6.07) is 20.1. The molecule has 0 N–H and O–H groups in total. The molecule has 0 fully saturated rings. The van der Waals surface area contributed by atoms with Gasteiger partial charge in [0.25, 0.3) is 5.91 Å². The van der Waals surface area contributed by atoms with Crippen molar-refractivity contribution in [2.24, 2.45) is 0 Å². The molecule has 0 radical (unpaired) electrons. The number of aryl methyl sites for hydroxylation is 1. The molecule has 25 heavy (non-hydrogen) atoms. The molecule has 134 valence electrons. The van der Waals surface area contributed by atoms with Crippen LogP contribution in [-0.4, -0.2) is 36.1 Å². The van der Waals surface area contributed by atoms with Gasteiger partial charge in [0.05, 0.1) is 12.6 Å². The maximum atomic E-state index is 12.8. The molecule has 3 heteroatoms. The molecule has 1 atom stereocenters. The van der Waals surface area contributed by atoms with Crippen molar-refractivity contribution >= 4 is 5.91 Å². The molecule has 0 spiro atoms. The first-order valence-corrected chi connectivity index (χ1v) is 9.09. The number of benzene rings is 2. The smallest absolute Gasteiger partial charge is 0.254 e.